The molecule has 2 atom stereocenters. The lowest BCUT2D eigenvalue weighted by Crippen LogP contribution is -2.47. The van der Waals surface area contributed by atoms with Crippen LogP contribution in [0.5, 0.6) is 0 Å². The molecule has 0 spiro atoms. The van der Waals surface area contributed by atoms with Gasteiger partial charge in [-0.3, -0.25) is 4.90 Å². The second kappa shape index (κ2) is 3.69. The van der Waals surface area contributed by atoms with Crippen LogP contribution in [0.3, 0.4) is 0 Å². The van der Waals surface area contributed by atoms with E-state index in [0.29, 0.717) is 12.2 Å². The van der Waals surface area contributed by atoms with Crippen molar-refractivity contribution in [3.8, 4) is 12.3 Å². The molecule has 0 amide bonds. The lowest BCUT2D eigenvalue weighted by atomic mass is 10.1. The van der Waals surface area contributed by atoms with Crippen molar-refractivity contribution in [1.29, 1.82) is 0 Å². The smallest absolute Gasteiger partial charge is 0.0734 e. The first-order chi connectivity index (χ1) is 6.29. The van der Waals surface area contributed by atoms with E-state index in [9.17, 15) is 0 Å². The lowest BCUT2D eigenvalue weighted by Gasteiger charge is -2.36. The largest absolute Gasteiger partial charge is 0.372 e. The van der Waals surface area contributed by atoms with Crippen molar-refractivity contribution < 1.29 is 4.74 Å². The van der Waals surface area contributed by atoms with Gasteiger partial charge in [-0.05, 0) is 25.7 Å². The van der Waals surface area contributed by atoms with Crippen LogP contribution in [0.1, 0.15) is 19.8 Å². The van der Waals surface area contributed by atoms with Crippen molar-refractivity contribution in [2.24, 2.45) is 5.92 Å². The van der Waals surface area contributed by atoms with Gasteiger partial charge in [0.25, 0.3) is 0 Å². The van der Waals surface area contributed by atoms with E-state index < -0.39 is 0 Å². The number of nitrogens with zero attached hydrogens (tertiary/aromatic N) is 1. The summed E-state index contributed by atoms with van der Waals surface area (Å²) in [6.45, 7) is 4.95. The van der Waals surface area contributed by atoms with Crippen LogP contribution in [0.4, 0.5) is 0 Å². The highest BCUT2D eigenvalue weighted by Crippen LogP contribution is 2.36. The number of morpholine rings is 1. The first-order valence-corrected chi connectivity index (χ1v) is 5.11. The van der Waals surface area contributed by atoms with Crippen LogP contribution >= 0.6 is 0 Å². The van der Waals surface area contributed by atoms with Crippen molar-refractivity contribution in [3.63, 3.8) is 0 Å². The van der Waals surface area contributed by atoms with Crippen molar-refractivity contribution in [3.05, 3.63) is 0 Å². The molecular weight excluding hydrogens is 162 g/mol. The Morgan fingerprint density at radius 2 is 2.23 bits per heavy atom. The highest BCUT2D eigenvalue weighted by molar-refractivity contribution is 4.93. The molecule has 72 valence electrons. The minimum Gasteiger partial charge on any atom is -0.372 e. The van der Waals surface area contributed by atoms with E-state index in [2.05, 4.69) is 17.7 Å². The van der Waals surface area contributed by atoms with Crippen LogP contribution in [-0.4, -0.2) is 36.7 Å². The summed E-state index contributed by atoms with van der Waals surface area (Å²) in [6.07, 6.45) is 8.82. The van der Waals surface area contributed by atoms with E-state index in [0.717, 1.165) is 25.6 Å². The Labute approximate surface area is 80.2 Å². The van der Waals surface area contributed by atoms with Crippen LogP contribution in [-0.2, 0) is 4.74 Å². The SMILES string of the molecule is C#CCN1CC(C)OC(C2CC2)C1. The molecule has 1 aliphatic heterocycles. The van der Waals surface area contributed by atoms with E-state index in [1.165, 1.54) is 12.8 Å². The molecule has 13 heavy (non-hydrogen) atoms. The van der Waals surface area contributed by atoms with Crippen LogP contribution in [0.15, 0.2) is 0 Å². The van der Waals surface area contributed by atoms with Gasteiger partial charge in [0.05, 0.1) is 18.8 Å². The Balaban J connectivity index is 1.89. The predicted octanol–water partition coefficient (Wildman–Crippen LogP) is 1.12. The number of rotatable bonds is 2. The van der Waals surface area contributed by atoms with Gasteiger partial charge in [-0.1, -0.05) is 5.92 Å². The molecule has 0 aromatic rings. The molecule has 0 aromatic heterocycles. The van der Waals surface area contributed by atoms with Gasteiger partial charge >= 0.3 is 0 Å². The van der Waals surface area contributed by atoms with Crippen molar-refractivity contribution >= 4 is 0 Å². The number of ether oxygens (including phenoxy) is 1. The molecule has 1 saturated heterocycles. The summed E-state index contributed by atoms with van der Waals surface area (Å²) in [5.41, 5.74) is 0. The summed E-state index contributed by atoms with van der Waals surface area (Å²) in [5.74, 6) is 3.53. The molecular formula is C11H17NO. The molecule has 2 rings (SSSR count). The Bertz CT molecular complexity index is 217. The summed E-state index contributed by atoms with van der Waals surface area (Å²) in [4.78, 5) is 2.33. The third-order valence-electron chi connectivity index (χ3n) is 2.82. The van der Waals surface area contributed by atoms with E-state index in [1.54, 1.807) is 0 Å². The van der Waals surface area contributed by atoms with Gasteiger partial charge in [0.2, 0.25) is 0 Å². The van der Waals surface area contributed by atoms with Crippen molar-refractivity contribution in [1.82, 2.24) is 4.90 Å². The number of hydrogen-bond acceptors (Lipinski definition) is 2. The monoisotopic (exact) mass is 179 g/mol. The Morgan fingerprint density at radius 3 is 2.85 bits per heavy atom. The van der Waals surface area contributed by atoms with Crippen molar-refractivity contribution in [2.75, 3.05) is 19.6 Å². The predicted molar refractivity (Wildman–Crippen MR) is 52.3 cm³/mol. The zero-order chi connectivity index (χ0) is 9.26. The molecule has 2 unspecified atom stereocenters. The fourth-order valence-electron chi connectivity index (χ4n) is 2.06. The Morgan fingerprint density at radius 1 is 1.46 bits per heavy atom. The van der Waals surface area contributed by atoms with Crippen LogP contribution in [0, 0.1) is 18.3 Å². The van der Waals surface area contributed by atoms with Crippen LogP contribution in [0.2, 0.25) is 0 Å². The maximum absolute atomic E-state index is 5.88. The number of hydrogen-bond donors (Lipinski definition) is 0. The Hall–Kier alpha value is -0.520. The third-order valence-corrected chi connectivity index (χ3v) is 2.82. The van der Waals surface area contributed by atoms with E-state index in [-0.39, 0.29) is 0 Å². The normalized spacial score (nSPS) is 35.7. The first kappa shape index (κ1) is 9.05. The zero-order valence-corrected chi connectivity index (χ0v) is 8.20. The minimum absolute atomic E-state index is 0.354. The van der Waals surface area contributed by atoms with E-state index in [4.69, 9.17) is 11.2 Å². The molecule has 1 saturated carbocycles. The van der Waals surface area contributed by atoms with Gasteiger partial charge in [-0.2, -0.15) is 0 Å². The molecule has 1 heterocycles. The van der Waals surface area contributed by atoms with Gasteiger partial charge in [0.15, 0.2) is 0 Å². The highest BCUT2D eigenvalue weighted by Gasteiger charge is 2.36. The quantitative estimate of drug-likeness (QED) is 0.589. The standard InChI is InChI=1S/C11H17NO/c1-3-6-12-7-9(2)13-11(8-12)10-4-5-10/h1,9-11H,4-8H2,2H3. The molecule has 2 heteroatoms. The van der Waals surface area contributed by atoms with Crippen molar-refractivity contribution in [2.45, 2.75) is 32.0 Å². The second-order valence-electron chi connectivity index (χ2n) is 4.22. The topological polar surface area (TPSA) is 12.5 Å². The first-order valence-electron chi connectivity index (χ1n) is 5.11. The second-order valence-corrected chi connectivity index (χ2v) is 4.22. The third kappa shape index (κ3) is 2.24. The average molecular weight is 179 g/mol. The van der Waals surface area contributed by atoms with Crippen LogP contribution in [0.25, 0.3) is 0 Å². The van der Waals surface area contributed by atoms with E-state index >= 15 is 0 Å². The fourth-order valence-corrected chi connectivity index (χ4v) is 2.06. The maximum Gasteiger partial charge on any atom is 0.0734 e. The summed E-state index contributed by atoms with van der Waals surface area (Å²) in [5, 5.41) is 0. The summed E-state index contributed by atoms with van der Waals surface area (Å²) < 4.78 is 5.88. The lowest BCUT2D eigenvalue weighted by molar-refractivity contribution is -0.0822. The molecule has 0 N–H and O–H groups in total. The maximum atomic E-state index is 5.88. The minimum atomic E-state index is 0.354. The van der Waals surface area contributed by atoms with Gasteiger partial charge in [0, 0.05) is 13.1 Å². The fraction of sp³-hybridized carbons (Fsp3) is 0.818. The average Bonchev–Trinajstić information content (AvgIpc) is 2.85. The molecule has 2 fully saturated rings. The zero-order valence-electron chi connectivity index (χ0n) is 8.20. The summed E-state index contributed by atoms with van der Waals surface area (Å²) in [7, 11) is 0. The highest BCUT2D eigenvalue weighted by atomic mass is 16.5. The van der Waals surface area contributed by atoms with Gasteiger partial charge in [-0.15, -0.1) is 6.42 Å². The molecule has 0 bridgehead atoms. The molecule has 0 aromatic carbocycles. The molecule has 2 aliphatic rings. The van der Waals surface area contributed by atoms with Crippen LogP contribution < -0.4 is 0 Å². The summed E-state index contributed by atoms with van der Waals surface area (Å²) in [6, 6.07) is 0. The van der Waals surface area contributed by atoms with Gasteiger partial charge in [-0.25, -0.2) is 0 Å². The molecule has 0 radical (unpaired) electrons. The molecule has 2 nitrogen and oxygen atoms in total. The Kier molecular flexibility index (Phi) is 2.57. The van der Waals surface area contributed by atoms with Gasteiger partial charge < -0.3 is 4.74 Å². The van der Waals surface area contributed by atoms with Gasteiger partial charge in [0.1, 0.15) is 0 Å². The number of terminal acetylenes is 1. The molecule has 1 aliphatic carbocycles. The van der Waals surface area contributed by atoms with E-state index in [1.807, 2.05) is 0 Å². The summed E-state index contributed by atoms with van der Waals surface area (Å²) >= 11 is 0.